The van der Waals surface area contributed by atoms with Crippen molar-refractivity contribution < 1.29 is 0 Å². The Bertz CT molecular complexity index is 144. The Kier molecular flexibility index (Phi) is 3.34. The lowest BCUT2D eigenvalue weighted by Crippen LogP contribution is -2.27. The standard InChI is InChI=1S/C8H15N3/c9-7-8(10)3-6-11-4-1-2-5-11/h8H,1-6,10H2. The Balaban J connectivity index is 2.07. The van der Waals surface area contributed by atoms with E-state index in [0.29, 0.717) is 0 Å². The second kappa shape index (κ2) is 4.32. The quantitative estimate of drug-likeness (QED) is 0.635. The van der Waals surface area contributed by atoms with Crippen LogP contribution in [0, 0.1) is 11.3 Å². The minimum atomic E-state index is -0.268. The summed E-state index contributed by atoms with van der Waals surface area (Å²) in [7, 11) is 0. The normalized spacial score (nSPS) is 21.5. The zero-order valence-electron chi connectivity index (χ0n) is 6.79. The number of hydrogen-bond acceptors (Lipinski definition) is 3. The van der Waals surface area contributed by atoms with E-state index in [4.69, 9.17) is 11.0 Å². The van der Waals surface area contributed by atoms with Crippen molar-refractivity contribution in [3.05, 3.63) is 0 Å². The van der Waals surface area contributed by atoms with E-state index in [1.54, 1.807) is 0 Å². The second-order valence-electron chi connectivity index (χ2n) is 3.07. The van der Waals surface area contributed by atoms with Crippen molar-refractivity contribution in [2.24, 2.45) is 5.73 Å². The fourth-order valence-corrected chi connectivity index (χ4v) is 1.39. The monoisotopic (exact) mass is 153 g/mol. The Hall–Kier alpha value is -0.590. The van der Waals surface area contributed by atoms with Crippen LogP contribution in [-0.2, 0) is 0 Å². The van der Waals surface area contributed by atoms with E-state index in [0.717, 1.165) is 13.0 Å². The lowest BCUT2D eigenvalue weighted by molar-refractivity contribution is 0.329. The van der Waals surface area contributed by atoms with Gasteiger partial charge < -0.3 is 10.6 Å². The molecule has 0 amide bonds. The van der Waals surface area contributed by atoms with E-state index >= 15 is 0 Å². The summed E-state index contributed by atoms with van der Waals surface area (Å²) in [6.07, 6.45) is 3.43. The van der Waals surface area contributed by atoms with Crippen molar-refractivity contribution in [2.45, 2.75) is 25.3 Å². The number of rotatable bonds is 3. The maximum atomic E-state index is 8.42. The average Bonchev–Trinajstić information content (AvgIpc) is 2.52. The van der Waals surface area contributed by atoms with Crippen LogP contribution in [0.15, 0.2) is 0 Å². The van der Waals surface area contributed by atoms with Gasteiger partial charge in [0.05, 0.1) is 12.1 Å². The molecule has 11 heavy (non-hydrogen) atoms. The zero-order chi connectivity index (χ0) is 8.10. The first-order valence-electron chi connectivity index (χ1n) is 4.20. The molecule has 3 heteroatoms. The van der Waals surface area contributed by atoms with E-state index < -0.39 is 0 Å². The fourth-order valence-electron chi connectivity index (χ4n) is 1.39. The molecule has 3 nitrogen and oxygen atoms in total. The molecule has 0 aromatic heterocycles. The Labute approximate surface area is 67.8 Å². The highest BCUT2D eigenvalue weighted by atomic mass is 15.1. The molecule has 0 radical (unpaired) electrons. The topological polar surface area (TPSA) is 53.1 Å². The van der Waals surface area contributed by atoms with E-state index in [9.17, 15) is 0 Å². The molecule has 1 heterocycles. The lowest BCUT2D eigenvalue weighted by atomic mass is 10.2. The Morgan fingerprint density at radius 1 is 1.45 bits per heavy atom. The van der Waals surface area contributed by atoms with Crippen LogP contribution < -0.4 is 5.73 Å². The zero-order valence-corrected chi connectivity index (χ0v) is 6.79. The van der Waals surface area contributed by atoms with Crippen LogP contribution in [0.3, 0.4) is 0 Å². The molecule has 0 aromatic rings. The summed E-state index contributed by atoms with van der Waals surface area (Å²) in [5.74, 6) is 0. The number of hydrogen-bond donors (Lipinski definition) is 1. The first-order valence-corrected chi connectivity index (χ1v) is 4.20. The van der Waals surface area contributed by atoms with Gasteiger partial charge in [-0.15, -0.1) is 0 Å². The van der Waals surface area contributed by atoms with Crippen LogP contribution in [0.4, 0.5) is 0 Å². The van der Waals surface area contributed by atoms with Gasteiger partial charge in [0.2, 0.25) is 0 Å². The van der Waals surface area contributed by atoms with Crippen molar-refractivity contribution in [1.29, 1.82) is 5.26 Å². The minimum absolute atomic E-state index is 0.268. The summed E-state index contributed by atoms with van der Waals surface area (Å²) in [4.78, 5) is 2.37. The molecule has 0 aliphatic carbocycles. The molecule has 1 saturated heterocycles. The molecule has 1 unspecified atom stereocenters. The van der Waals surface area contributed by atoms with Gasteiger partial charge in [0.15, 0.2) is 0 Å². The maximum absolute atomic E-state index is 8.42. The molecular weight excluding hydrogens is 138 g/mol. The van der Waals surface area contributed by atoms with Gasteiger partial charge in [-0.1, -0.05) is 0 Å². The van der Waals surface area contributed by atoms with Gasteiger partial charge in [0.1, 0.15) is 0 Å². The van der Waals surface area contributed by atoms with Crippen molar-refractivity contribution in [3.63, 3.8) is 0 Å². The number of nitrogens with two attached hydrogens (primary N) is 1. The summed E-state index contributed by atoms with van der Waals surface area (Å²) in [6.45, 7) is 3.38. The van der Waals surface area contributed by atoms with Gasteiger partial charge >= 0.3 is 0 Å². The van der Waals surface area contributed by atoms with Crippen LogP contribution in [-0.4, -0.2) is 30.6 Å². The van der Waals surface area contributed by atoms with Gasteiger partial charge in [-0.3, -0.25) is 0 Å². The summed E-state index contributed by atoms with van der Waals surface area (Å²) in [6, 6.07) is 1.77. The SMILES string of the molecule is N#CC(N)CCN1CCCC1. The number of nitrogens with zero attached hydrogens (tertiary/aromatic N) is 2. The van der Waals surface area contributed by atoms with Gasteiger partial charge in [0, 0.05) is 6.54 Å². The molecule has 1 aliphatic heterocycles. The Morgan fingerprint density at radius 2 is 2.09 bits per heavy atom. The summed E-state index contributed by atoms with van der Waals surface area (Å²) in [5, 5.41) is 8.42. The smallest absolute Gasteiger partial charge is 0.0940 e. The molecule has 62 valence electrons. The third-order valence-electron chi connectivity index (χ3n) is 2.12. The van der Waals surface area contributed by atoms with E-state index in [-0.39, 0.29) is 6.04 Å². The summed E-state index contributed by atoms with van der Waals surface area (Å²) < 4.78 is 0. The summed E-state index contributed by atoms with van der Waals surface area (Å²) >= 11 is 0. The maximum Gasteiger partial charge on any atom is 0.0940 e. The fraction of sp³-hybridized carbons (Fsp3) is 0.875. The molecule has 0 spiro atoms. The minimum Gasteiger partial charge on any atom is -0.316 e. The first-order chi connectivity index (χ1) is 5.33. The van der Waals surface area contributed by atoms with Crippen molar-refractivity contribution >= 4 is 0 Å². The highest BCUT2D eigenvalue weighted by Crippen LogP contribution is 2.07. The van der Waals surface area contributed by atoms with Crippen LogP contribution in [0.5, 0.6) is 0 Å². The number of nitriles is 1. The van der Waals surface area contributed by atoms with Crippen LogP contribution in [0.1, 0.15) is 19.3 Å². The summed E-state index contributed by atoms with van der Waals surface area (Å²) in [5.41, 5.74) is 5.46. The molecule has 0 aromatic carbocycles. The van der Waals surface area contributed by atoms with Crippen molar-refractivity contribution in [1.82, 2.24) is 4.90 Å². The van der Waals surface area contributed by atoms with Gasteiger partial charge in [-0.25, -0.2) is 0 Å². The number of likely N-dealkylation sites (tertiary alicyclic amines) is 1. The highest BCUT2D eigenvalue weighted by molar-refractivity contribution is 4.87. The molecule has 1 aliphatic rings. The van der Waals surface area contributed by atoms with E-state index in [2.05, 4.69) is 4.90 Å². The lowest BCUT2D eigenvalue weighted by Gasteiger charge is -2.14. The molecule has 0 bridgehead atoms. The van der Waals surface area contributed by atoms with E-state index in [1.807, 2.05) is 6.07 Å². The largest absolute Gasteiger partial charge is 0.316 e. The predicted molar refractivity (Wildman–Crippen MR) is 43.9 cm³/mol. The molecule has 0 saturated carbocycles. The second-order valence-corrected chi connectivity index (χ2v) is 3.07. The van der Waals surface area contributed by atoms with Crippen LogP contribution >= 0.6 is 0 Å². The molecule has 1 rings (SSSR count). The van der Waals surface area contributed by atoms with Crippen molar-refractivity contribution in [3.8, 4) is 6.07 Å². The first kappa shape index (κ1) is 8.51. The molecular formula is C8H15N3. The third-order valence-corrected chi connectivity index (χ3v) is 2.12. The van der Waals surface area contributed by atoms with Gasteiger partial charge in [0.25, 0.3) is 0 Å². The molecule has 1 fully saturated rings. The Morgan fingerprint density at radius 3 is 2.64 bits per heavy atom. The van der Waals surface area contributed by atoms with Gasteiger partial charge in [-0.2, -0.15) is 5.26 Å². The average molecular weight is 153 g/mol. The highest BCUT2D eigenvalue weighted by Gasteiger charge is 2.11. The predicted octanol–water partition coefficient (Wildman–Crippen LogP) is 0.323. The third kappa shape index (κ3) is 2.87. The van der Waals surface area contributed by atoms with Gasteiger partial charge in [-0.05, 0) is 32.4 Å². The van der Waals surface area contributed by atoms with Crippen LogP contribution in [0.2, 0.25) is 0 Å². The van der Waals surface area contributed by atoms with E-state index in [1.165, 1.54) is 25.9 Å². The van der Waals surface area contributed by atoms with Crippen molar-refractivity contribution in [2.75, 3.05) is 19.6 Å². The molecule has 1 atom stereocenters. The van der Waals surface area contributed by atoms with Crippen LogP contribution in [0.25, 0.3) is 0 Å². The molecule has 2 N–H and O–H groups in total.